The third kappa shape index (κ3) is 4.96. The van der Waals surface area contributed by atoms with Gasteiger partial charge in [-0.2, -0.15) is 0 Å². The summed E-state index contributed by atoms with van der Waals surface area (Å²) >= 11 is 0. The van der Waals surface area contributed by atoms with Gasteiger partial charge in [-0.05, 0) is 66.9 Å². The molecule has 2 aromatic carbocycles. The zero-order valence-electron chi connectivity index (χ0n) is 19.8. The Kier molecular flexibility index (Phi) is 6.84. The van der Waals surface area contributed by atoms with Gasteiger partial charge in [0.05, 0.1) is 27.9 Å². The molecule has 0 saturated carbocycles. The van der Waals surface area contributed by atoms with E-state index < -0.39 is 0 Å². The van der Waals surface area contributed by atoms with Crippen molar-refractivity contribution in [3.63, 3.8) is 0 Å². The minimum Gasteiger partial charge on any atom is -0.493 e. The van der Waals surface area contributed by atoms with Crippen molar-refractivity contribution in [2.75, 3.05) is 21.3 Å². The lowest BCUT2D eigenvalue weighted by molar-refractivity contribution is 0.227. The summed E-state index contributed by atoms with van der Waals surface area (Å²) in [6, 6.07) is 14.4. The maximum absolute atomic E-state index is 6.26. The molecule has 2 heterocycles. The van der Waals surface area contributed by atoms with Gasteiger partial charge in [0.2, 0.25) is 5.75 Å². The van der Waals surface area contributed by atoms with Crippen LogP contribution in [0.3, 0.4) is 0 Å². The second kappa shape index (κ2) is 9.96. The lowest BCUT2D eigenvalue weighted by atomic mass is 10.1. The zero-order valence-corrected chi connectivity index (χ0v) is 19.8. The van der Waals surface area contributed by atoms with Crippen LogP contribution in [0.5, 0.6) is 17.2 Å². The number of hydrogen-bond donors (Lipinski definition) is 0. The van der Waals surface area contributed by atoms with Crippen LogP contribution in [0.1, 0.15) is 28.0 Å². The molecular weight excluding hydrogens is 416 g/mol. The SMILES string of the molecule is COc1cc(CN(Cc2ccncc2)Cc2oc3ccc(C)cc3c2C)cc(OC)c1OC. The molecule has 0 amide bonds. The lowest BCUT2D eigenvalue weighted by Gasteiger charge is -2.23. The van der Waals surface area contributed by atoms with Crippen molar-refractivity contribution in [3.8, 4) is 17.2 Å². The van der Waals surface area contributed by atoms with Crippen molar-refractivity contribution in [2.24, 2.45) is 0 Å². The van der Waals surface area contributed by atoms with E-state index in [-0.39, 0.29) is 0 Å². The molecule has 0 spiro atoms. The molecule has 0 N–H and O–H groups in total. The van der Waals surface area contributed by atoms with Crippen molar-refractivity contribution >= 4 is 11.0 Å². The van der Waals surface area contributed by atoms with E-state index in [1.54, 1.807) is 21.3 Å². The Balaban J connectivity index is 1.68. The van der Waals surface area contributed by atoms with Crippen LogP contribution >= 0.6 is 0 Å². The van der Waals surface area contributed by atoms with E-state index >= 15 is 0 Å². The fourth-order valence-electron chi connectivity index (χ4n) is 4.14. The second-order valence-corrected chi connectivity index (χ2v) is 8.18. The number of hydrogen-bond acceptors (Lipinski definition) is 6. The molecule has 0 unspecified atom stereocenters. The molecule has 172 valence electrons. The lowest BCUT2D eigenvalue weighted by Crippen LogP contribution is -2.22. The summed E-state index contributed by atoms with van der Waals surface area (Å²) in [6.45, 7) is 6.32. The highest BCUT2D eigenvalue weighted by atomic mass is 16.5. The normalized spacial score (nSPS) is 11.2. The molecule has 0 aliphatic heterocycles. The predicted octanol–water partition coefficient (Wildman–Crippen LogP) is 5.67. The molecule has 0 bridgehead atoms. The maximum Gasteiger partial charge on any atom is 0.203 e. The van der Waals surface area contributed by atoms with Crippen molar-refractivity contribution in [1.29, 1.82) is 0 Å². The highest BCUT2D eigenvalue weighted by molar-refractivity contribution is 5.82. The van der Waals surface area contributed by atoms with Gasteiger partial charge in [-0.1, -0.05) is 11.6 Å². The number of aryl methyl sites for hydroxylation is 2. The van der Waals surface area contributed by atoms with E-state index in [4.69, 9.17) is 18.6 Å². The number of furan rings is 1. The third-order valence-electron chi connectivity index (χ3n) is 5.84. The van der Waals surface area contributed by atoms with E-state index in [9.17, 15) is 0 Å². The first-order valence-electron chi connectivity index (χ1n) is 10.9. The number of methoxy groups -OCH3 is 3. The molecule has 0 atom stereocenters. The van der Waals surface area contributed by atoms with Crippen LogP contribution in [0, 0.1) is 13.8 Å². The van der Waals surface area contributed by atoms with Gasteiger partial charge in [-0.25, -0.2) is 0 Å². The van der Waals surface area contributed by atoms with E-state index in [1.807, 2.05) is 42.7 Å². The molecular formula is C27H30N2O4. The quantitative estimate of drug-likeness (QED) is 0.330. The molecule has 6 heteroatoms. The van der Waals surface area contributed by atoms with Gasteiger partial charge in [0.15, 0.2) is 11.5 Å². The first-order chi connectivity index (χ1) is 16.0. The third-order valence-corrected chi connectivity index (χ3v) is 5.84. The van der Waals surface area contributed by atoms with Crippen molar-refractivity contribution in [1.82, 2.24) is 9.88 Å². The minimum atomic E-state index is 0.591. The van der Waals surface area contributed by atoms with Gasteiger partial charge in [-0.3, -0.25) is 9.88 Å². The van der Waals surface area contributed by atoms with Gasteiger partial charge < -0.3 is 18.6 Å². The molecule has 6 nitrogen and oxygen atoms in total. The molecule has 0 radical (unpaired) electrons. The second-order valence-electron chi connectivity index (χ2n) is 8.18. The number of rotatable bonds is 9. The Bertz CT molecular complexity index is 1210. The topological polar surface area (TPSA) is 57.0 Å². The molecule has 33 heavy (non-hydrogen) atoms. The molecule has 2 aromatic heterocycles. The van der Waals surface area contributed by atoms with E-state index in [1.165, 1.54) is 22.1 Å². The predicted molar refractivity (Wildman–Crippen MR) is 129 cm³/mol. The standard InChI is InChI=1S/C27H30N2O4/c1-18-6-7-23-22(12-18)19(2)26(33-23)17-29(15-20-8-10-28-11-9-20)16-21-13-24(30-3)27(32-5)25(14-21)31-4/h6-14H,15-17H2,1-5H3. The number of aromatic nitrogens is 1. The van der Waals surface area contributed by atoms with Crippen molar-refractivity contribution < 1.29 is 18.6 Å². The van der Waals surface area contributed by atoms with E-state index in [0.717, 1.165) is 23.5 Å². The summed E-state index contributed by atoms with van der Waals surface area (Å²) in [7, 11) is 4.88. The van der Waals surface area contributed by atoms with Crippen LogP contribution in [-0.4, -0.2) is 31.2 Å². The Hall–Kier alpha value is -3.51. The van der Waals surface area contributed by atoms with Crippen molar-refractivity contribution in [3.05, 3.63) is 82.9 Å². The first-order valence-corrected chi connectivity index (χ1v) is 10.9. The van der Waals surface area contributed by atoms with E-state index in [0.29, 0.717) is 30.3 Å². The van der Waals surface area contributed by atoms with Crippen LogP contribution in [0.4, 0.5) is 0 Å². The minimum absolute atomic E-state index is 0.591. The van der Waals surface area contributed by atoms with Crippen LogP contribution < -0.4 is 14.2 Å². The highest BCUT2D eigenvalue weighted by Gasteiger charge is 2.18. The van der Waals surface area contributed by atoms with Gasteiger partial charge in [0, 0.05) is 30.9 Å². The molecule has 4 rings (SSSR count). The average molecular weight is 447 g/mol. The smallest absolute Gasteiger partial charge is 0.203 e. The van der Waals surface area contributed by atoms with Crippen LogP contribution in [0.25, 0.3) is 11.0 Å². The van der Waals surface area contributed by atoms with Crippen LogP contribution in [0.15, 0.2) is 59.3 Å². The average Bonchev–Trinajstić information content (AvgIpc) is 3.13. The Morgan fingerprint density at radius 1 is 0.788 bits per heavy atom. The van der Waals surface area contributed by atoms with Gasteiger partial charge in [-0.15, -0.1) is 0 Å². The summed E-state index contributed by atoms with van der Waals surface area (Å²) in [6.07, 6.45) is 3.64. The highest BCUT2D eigenvalue weighted by Crippen LogP contribution is 2.38. The summed E-state index contributed by atoms with van der Waals surface area (Å²) in [5.41, 5.74) is 5.57. The number of pyridine rings is 1. The summed E-state index contributed by atoms with van der Waals surface area (Å²) < 4.78 is 22.9. The molecule has 0 aliphatic rings. The molecule has 0 aliphatic carbocycles. The number of ether oxygens (including phenoxy) is 3. The Labute approximate surface area is 194 Å². The van der Waals surface area contributed by atoms with Gasteiger partial charge >= 0.3 is 0 Å². The summed E-state index contributed by atoms with van der Waals surface area (Å²) in [5.74, 6) is 2.85. The fraction of sp³-hybridized carbons (Fsp3) is 0.296. The number of benzene rings is 2. The van der Waals surface area contributed by atoms with Crippen LogP contribution in [0.2, 0.25) is 0 Å². The largest absolute Gasteiger partial charge is 0.493 e. The summed E-state index contributed by atoms with van der Waals surface area (Å²) in [5, 5.41) is 1.17. The molecule has 0 fully saturated rings. The van der Waals surface area contributed by atoms with Gasteiger partial charge in [0.1, 0.15) is 11.3 Å². The van der Waals surface area contributed by atoms with Crippen LogP contribution in [-0.2, 0) is 19.6 Å². The zero-order chi connectivity index (χ0) is 23.4. The number of fused-ring (bicyclic) bond motifs is 1. The molecule has 4 aromatic rings. The number of nitrogens with zero attached hydrogens (tertiary/aromatic N) is 2. The first kappa shape index (κ1) is 22.7. The van der Waals surface area contributed by atoms with Crippen molar-refractivity contribution in [2.45, 2.75) is 33.5 Å². The Morgan fingerprint density at radius 3 is 2.09 bits per heavy atom. The summed E-state index contributed by atoms with van der Waals surface area (Å²) in [4.78, 5) is 6.49. The Morgan fingerprint density at radius 2 is 1.45 bits per heavy atom. The van der Waals surface area contributed by atoms with E-state index in [2.05, 4.69) is 35.9 Å². The fourth-order valence-corrected chi connectivity index (χ4v) is 4.14. The van der Waals surface area contributed by atoms with Gasteiger partial charge in [0.25, 0.3) is 0 Å². The monoisotopic (exact) mass is 446 g/mol. The maximum atomic E-state index is 6.26. The molecule has 0 saturated heterocycles.